The van der Waals surface area contributed by atoms with E-state index in [1.54, 1.807) is 6.07 Å². The molecule has 0 aliphatic heterocycles. The summed E-state index contributed by atoms with van der Waals surface area (Å²) in [7, 11) is 1.46. The van der Waals surface area contributed by atoms with Crippen LogP contribution >= 0.6 is 11.8 Å². The number of ether oxygens (including phenoxy) is 1. The molecule has 0 radical (unpaired) electrons. The minimum absolute atomic E-state index is 0.0992. The van der Waals surface area contributed by atoms with Crippen LogP contribution in [0.3, 0.4) is 0 Å². The van der Waals surface area contributed by atoms with Crippen molar-refractivity contribution in [1.82, 2.24) is 14.8 Å². The Bertz CT molecular complexity index is 990. The number of hydrogen-bond acceptors (Lipinski definition) is 4. The van der Waals surface area contributed by atoms with Gasteiger partial charge in [-0.3, -0.25) is 4.57 Å². The maximum absolute atomic E-state index is 13.9. The summed E-state index contributed by atoms with van der Waals surface area (Å²) in [6.07, 6.45) is 1.83. The third kappa shape index (κ3) is 4.88. The minimum Gasteiger partial charge on any atom is -0.494 e. The van der Waals surface area contributed by atoms with Crippen LogP contribution < -0.4 is 4.74 Å². The number of halogens is 1. The van der Waals surface area contributed by atoms with E-state index in [4.69, 9.17) is 4.74 Å². The molecule has 0 spiro atoms. The molecule has 3 aromatic rings. The summed E-state index contributed by atoms with van der Waals surface area (Å²) < 4.78 is 20.9. The van der Waals surface area contributed by atoms with Crippen molar-refractivity contribution in [2.24, 2.45) is 0 Å². The lowest BCUT2D eigenvalue weighted by molar-refractivity contribution is 0.386. The fourth-order valence-corrected chi connectivity index (χ4v) is 3.86. The normalized spacial score (nSPS) is 11.5. The van der Waals surface area contributed by atoms with Crippen LogP contribution in [0.2, 0.25) is 0 Å². The van der Waals surface area contributed by atoms with Crippen molar-refractivity contribution in [3.8, 4) is 17.1 Å². The summed E-state index contributed by atoms with van der Waals surface area (Å²) in [5.41, 5.74) is 3.24. The van der Waals surface area contributed by atoms with E-state index in [1.165, 1.54) is 30.5 Å². The van der Waals surface area contributed by atoms with Gasteiger partial charge in [-0.15, -0.1) is 16.8 Å². The summed E-state index contributed by atoms with van der Waals surface area (Å²) in [5, 5.41) is 9.54. The molecule has 0 saturated carbocycles. The van der Waals surface area contributed by atoms with E-state index in [2.05, 4.69) is 61.8 Å². The van der Waals surface area contributed by atoms with Gasteiger partial charge in [-0.1, -0.05) is 68.9 Å². The molecule has 0 amide bonds. The van der Waals surface area contributed by atoms with Gasteiger partial charge in [0, 0.05) is 17.9 Å². The van der Waals surface area contributed by atoms with Crippen LogP contribution in [-0.4, -0.2) is 21.9 Å². The number of hydrogen-bond donors (Lipinski definition) is 0. The zero-order chi connectivity index (χ0) is 21.0. The average Bonchev–Trinajstić information content (AvgIpc) is 3.09. The van der Waals surface area contributed by atoms with Crippen molar-refractivity contribution in [3.05, 3.63) is 72.1 Å². The molecule has 0 unspecified atom stereocenters. The predicted molar refractivity (Wildman–Crippen MR) is 117 cm³/mol. The van der Waals surface area contributed by atoms with Gasteiger partial charge in [0.05, 0.1) is 7.11 Å². The quantitative estimate of drug-likeness (QED) is 0.360. The van der Waals surface area contributed by atoms with Crippen LogP contribution in [0.15, 0.2) is 60.3 Å². The van der Waals surface area contributed by atoms with E-state index in [-0.39, 0.29) is 17.0 Å². The van der Waals surface area contributed by atoms with E-state index in [0.29, 0.717) is 12.3 Å². The second-order valence-electron chi connectivity index (χ2n) is 7.79. The van der Waals surface area contributed by atoms with Crippen molar-refractivity contribution in [2.75, 3.05) is 7.11 Å². The third-order valence-electron chi connectivity index (χ3n) is 4.62. The smallest absolute Gasteiger partial charge is 0.192 e. The van der Waals surface area contributed by atoms with E-state index < -0.39 is 0 Å². The highest BCUT2D eigenvalue weighted by atomic mass is 32.2. The molecule has 29 heavy (non-hydrogen) atoms. The molecule has 6 heteroatoms. The Labute approximate surface area is 175 Å². The first kappa shape index (κ1) is 21.1. The predicted octanol–water partition coefficient (Wildman–Crippen LogP) is 5.87. The number of thioether (sulfide) groups is 1. The summed E-state index contributed by atoms with van der Waals surface area (Å²) in [6.45, 7) is 11.0. The van der Waals surface area contributed by atoms with Crippen LogP contribution in [0.5, 0.6) is 5.75 Å². The number of benzene rings is 2. The maximum Gasteiger partial charge on any atom is 0.192 e. The Morgan fingerprint density at radius 1 is 1.14 bits per heavy atom. The van der Waals surface area contributed by atoms with Gasteiger partial charge in [0.15, 0.2) is 22.5 Å². The zero-order valence-electron chi connectivity index (χ0n) is 17.3. The van der Waals surface area contributed by atoms with Crippen molar-refractivity contribution in [1.29, 1.82) is 0 Å². The Morgan fingerprint density at radius 2 is 1.86 bits per heavy atom. The van der Waals surface area contributed by atoms with Crippen LogP contribution in [-0.2, 0) is 17.7 Å². The molecule has 0 aliphatic carbocycles. The average molecular weight is 412 g/mol. The topological polar surface area (TPSA) is 39.9 Å². The largest absolute Gasteiger partial charge is 0.494 e. The van der Waals surface area contributed by atoms with Crippen LogP contribution in [0, 0.1) is 5.82 Å². The summed E-state index contributed by atoms with van der Waals surface area (Å²) in [4.78, 5) is 0. The number of aromatic nitrogens is 3. The lowest BCUT2D eigenvalue weighted by Crippen LogP contribution is -2.10. The number of rotatable bonds is 7. The Balaban J connectivity index is 1.83. The number of nitrogens with zero attached hydrogens (tertiary/aromatic N) is 3. The molecule has 3 rings (SSSR count). The van der Waals surface area contributed by atoms with Crippen LogP contribution in [0.25, 0.3) is 11.4 Å². The molecule has 2 aromatic carbocycles. The van der Waals surface area contributed by atoms with Crippen molar-refractivity contribution >= 4 is 11.8 Å². The van der Waals surface area contributed by atoms with E-state index in [1.807, 2.05) is 16.7 Å². The molecule has 152 valence electrons. The second-order valence-corrected chi connectivity index (χ2v) is 8.73. The molecule has 0 N–H and O–H groups in total. The van der Waals surface area contributed by atoms with E-state index in [9.17, 15) is 4.39 Å². The monoisotopic (exact) mass is 411 g/mol. The third-order valence-corrected chi connectivity index (χ3v) is 5.66. The molecule has 0 atom stereocenters. The van der Waals surface area contributed by atoms with Gasteiger partial charge in [-0.2, -0.15) is 0 Å². The summed E-state index contributed by atoms with van der Waals surface area (Å²) >= 11 is 1.52. The minimum atomic E-state index is -0.363. The molecule has 1 heterocycles. The Hall–Kier alpha value is -2.60. The fourth-order valence-electron chi connectivity index (χ4n) is 2.97. The van der Waals surface area contributed by atoms with Gasteiger partial charge in [-0.25, -0.2) is 4.39 Å². The molecule has 0 bridgehead atoms. The first-order chi connectivity index (χ1) is 13.8. The molecule has 0 fully saturated rings. The van der Waals surface area contributed by atoms with Crippen molar-refractivity contribution < 1.29 is 9.13 Å². The first-order valence-corrected chi connectivity index (χ1v) is 10.4. The molecule has 0 saturated heterocycles. The fraction of sp³-hybridized carbons (Fsp3) is 0.304. The molecule has 1 aromatic heterocycles. The molecular weight excluding hydrogens is 385 g/mol. The Morgan fingerprint density at radius 3 is 2.45 bits per heavy atom. The SMILES string of the molecule is C=CCn1c(SCc2ccc(OC)c(F)c2)nnc1-c1ccc(C(C)(C)C)cc1. The van der Waals surface area contributed by atoms with Crippen LogP contribution in [0.4, 0.5) is 4.39 Å². The molecular formula is C23H26FN3OS. The van der Waals surface area contributed by atoms with Gasteiger partial charge in [0.1, 0.15) is 0 Å². The number of methoxy groups -OCH3 is 1. The number of allylic oxidation sites excluding steroid dienone is 1. The zero-order valence-corrected chi connectivity index (χ0v) is 18.1. The van der Waals surface area contributed by atoms with Gasteiger partial charge < -0.3 is 4.74 Å². The van der Waals surface area contributed by atoms with Crippen molar-refractivity contribution in [2.45, 2.75) is 43.6 Å². The highest BCUT2D eigenvalue weighted by Gasteiger charge is 2.17. The van der Waals surface area contributed by atoms with Crippen molar-refractivity contribution in [3.63, 3.8) is 0 Å². The lowest BCUT2D eigenvalue weighted by atomic mass is 9.87. The van der Waals surface area contributed by atoms with Gasteiger partial charge in [-0.05, 0) is 28.7 Å². The molecule has 4 nitrogen and oxygen atoms in total. The van der Waals surface area contributed by atoms with E-state index in [0.717, 1.165) is 22.1 Å². The van der Waals surface area contributed by atoms with E-state index >= 15 is 0 Å². The second kappa shape index (κ2) is 8.82. The van der Waals surface area contributed by atoms with Gasteiger partial charge in [0.25, 0.3) is 0 Å². The summed E-state index contributed by atoms with van der Waals surface area (Å²) in [5.74, 6) is 1.26. The Kier molecular flexibility index (Phi) is 6.42. The van der Waals surface area contributed by atoms with Gasteiger partial charge in [0.2, 0.25) is 0 Å². The standard InChI is InChI=1S/C23H26FN3OS/c1-6-13-27-21(17-8-10-18(11-9-17)23(2,3)4)25-26-22(27)29-15-16-7-12-20(28-5)19(24)14-16/h6-12,14H,1,13,15H2,2-5H3. The highest BCUT2D eigenvalue weighted by Crippen LogP contribution is 2.29. The first-order valence-electron chi connectivity index (χ1n) is 9.43. The highest BCUT2D eigenvalue weighted by molar-refractivity contribution is 7.98. The summed E-state index contributed by atoms with van der Waals surface area (Å²) in [6, 6.07) is 13.4. The van der Waals surface area contributed by atoms with Gasteiger partial charge >= 0.3 is 0 Å². The lowest BCUT2D eigenvalue weighted by Gasteiger charge is -2.19. The van der Waals surface area contributed by atoms with Crippen LogP contribution in [0.1, 0.15) is 31.9 Å². The maximum atomic E-state index is 13.9. The molecule has 0 aliphatic rings.